The molecule has 0 radical (unpaired) electrons. The summed E-state index contributed by atoms with van der Waals surface area (Å²) in [6.45, 7) is 1.97. The zero-order valence-electron chi connectivity index (χ0n) is 8.24. The Morgan fingerprint density at radius 2 is 2.40 bits per heavy atom. The number of pyridine rings is 1. The van der Waals surface area contributed by atoms with Crippen molar-refractivity contribution in [2.45, 2.75) is 6.92 Å². The molecule has 80 valence electrons. The van der Waals surface area contributed by atoms with Crippen molar-refractivity contribution in [3.05, 3.63) is 35.9 Å². The van der Waals surface area contributed by atoms with Crippen LogP contribution in [0.2, 0.25) is 0 Å². The first kappa shape index (κ1) is 11.2. The molecule has 0 unspecified atom stereocenters. The van der Waals surface area contributed by atoms with Crippen molar-refractivity contribution in [2.75, 3.05) is 6.61 Å². The first-order valence-corrected chi connectivity index (χ1v) is 4.39. The van der Waals surface area contributed by atoms with Crippen LogP contribution in [0.3, 0.4) is 0 Å². The third kappa shape index (κ3) is 3.38. The molecule has 15 heavy (non-hydrogen) atoms. The van der Waals surface area contributed by atoms with E-state index in [1.807, 2.05) is 0 Å². The lowest BCUT2D eigenvalue weighted by Crippen LogP contribution is -2.06. The van der Waals surface area contributed by atoms with Gasteiger partial charge in [0.05, 0.1) is 24.2 Å². The van der Waals surface area contributed by atoms with Crippen LogP contribution in [0.1, 0.15) is 12.6 Å². The summed E-state index contributed by atoms with van der Waals surface area (Å²) < 4.78 is 17.2. The van der Waals surface area contributed by atoms with E-state index in [1.54, 1.807) is 6.92 Å². The Hall–Kier alpha value is -1.91. The molecule has 0 saturated heterocycles. The van der Waals surface area contributed by atoms with Crippen LogP contribution < -0.4 is 5.73 Å². The Labute approximate surface area is 86.6 Å². The molecular weight excluding hydrogens is 199 g/mol. The van der Waals surface area contributed by atoms with E-state index < -0.39 is 11.8 Å². The Morgan fingerprint density at radius 1 is 1.67 bits per heavy atom. The zero-order valence-corrected chi connectivity index (χ0v) is 8.24. The van der Waals surface area contributed by atoms with Gasteiger partial charge in [0.15, 0.2) is 0 Å². The molecule has 1 aromatic rings. The third-order valence-corrected chi connectivity index (χ3v) is 1.58. The molecule has 5 heteroatoms. The molecule has 0 spiro atoms. The topological polar surface area (TPSA) is 65.2 Å². The average Bonchev–Trinajstić information content (AvgIpc) is 2.18. The number of halogens is 1. The monoisotopic (exact) mass is 210 g/mol. The van der Waals surface area contributed by atoms with Crippen LogP contribution in [0, 0.1) is 5.82 Å². The fourth-order valence-corrected chi connectivity index (χ4v) is 0.931. The minimum absolute atomic E-state index is 0.147. The van der Waals surface area contributed by atoms with Gasteiger partial charge in [-0.3, -0.25) is 4.98 Å². The van der Waals surface area contributed by atoms with Gasteiger partial charge in [-0.25, -0.2) is 9.18 Å². The SMILES string of the molecule is CCOC(=O)C=C(N)c1ccc(F)cn1. The van der Waals surface area contributed by atoms with Gasteiger partial charge in [0.2, 0.25) is 0 Å². The second-order valence-electron chi connectivity index (χ2n) is 2.71. The molecule has 0 atom stereocenters. The number of nitrogens with zero attached hydrogens (tertiary/aromatic N) is 1. The molecule has 0 aliphatic carbocycles. The number of ether oxygens (including phenoxy) is 1. The van der Waals surface area contributed by atoms with E-state index in [2.05, 4.69) is 9.72 Å². The van der Waals surface area contributed by atoms with Crippen LogP contribution >= 0.6 is 0 Å². The van der Waals surface area contributed by atoms with Gasteiger partial charge in [0.1, 0.15) is 5.82 Å². The maximum absolute atomic E-state index is 12.5. The minimum Gasteiger partial charge on any atom is -0.463 e. The van der Waals surface area contributed by atoms with Crippen molar-refractivity contribution in [1.82, 2.24) is 4.98 Å². The van der Waals surface area contributed by atoms with E-state index in [0.29, 0.717) is 5.69 Å². The average molecular weight is 210 g/mol. The van der Waals surface area contributed by atoms with Crippen molar-refractivity contribution >= 4 is 11.7 Å². The molecule has 1 heterocycles. The zero-order chi connectivity index (χ0) is 11.3. The van der Waals surface area contributed by atoms with Gasteiger partial charge in [-0.1, -0.05) is 0 Å². The molecule has 1 aromatic heterocycles. The van der Waals surface area contributed by atoms with Gasteiger partial charge in [-0.2, -0.15) is 0 Å². The summed E-state index contributed by atoms with van der Waals surface area (Å²) in [7, 11) is 0. The van der Waals surface area contributed by atoms with Gasteiger partial charge in [-0.05, 0) is 19.1 Å². The highest BCUT2D eigenvalue weighted by Gasteiger charge is 2.02. The van der Waals surface area contributed by atoms with Gasteiger partial charge in [-0.15, -0.1) is 0 Å². The fourth-order valence-electron chi connectivity index (χ4n) is 0.931. The molecule has 0 saturated carbocycles. The highest BCUT2D eigenvalue weighted by atomic mass is 19.1. The maximum atomic E-state index is 12.5. The highest BCUT2D eigenvalue weighted by Crippen LogP contribution is 2.06. The molecular formula is C10H11FN2O2. The van der Waals surface area contributed by atoms with E-state index in [9.17, 15) is 9.18 Å². The van der Waals surface area contributed by atoms with Crippen LogP contribution in [-0.4, -0.2) is 17.6 Å². The van der Waals surface area contributed by atoms with Crippen molar-refractivity contribution in [2.24, 2.45) is 5.73 Å². The summed E-state index contributed by atoms with van der Waals surface area (Å²) in [5.41, 5.74) is 6.04. The Balaban J connectivity index is 2.79. The maximum Gasteiger partial charge on any atom is 0.332 e. The number of rotatable bonds is 3. The van der Waals surface area contributed by atoms with Crippen LogP contribution in [0.25, 0.3) is 5.70 Å². The quantitative estimate of drug-likeness (QED) is 0.599. The number of hydrogen-bond donors (Lipinski definition) is 1. The van der Waals surface area contributed by atoms with Crippen molar-refractivity contribution in [3.8, 4) is 0 Å². The first-order valence-electron chi connectivity index (χ1n) is 4.39. The third-order valence-electron chi connectivity index (χ3n) is 1.58. The molecule has 0 aliphatic heterocycles. The normalized spacial score (nSPS) is 11.2. The summed E-state index contributed by atoms with van der Waals surface area (Å²) >= 11 is 0. The highest BCUT2D eigenvalue weighted by molar-refractivity contribution is 5.89. The number of hydrogen-bond acceptors (Lipinski definition) is 4. The smallest absolute Gasteiger partial charge is 0.332 e. The van der Waals surface area contributed by atoms with Crippen LogP contribution in [0.4, 0.5) is 4.39 Å². The number of carbonyl (C=O) groups excluding carboxylic acids is 1. The molecule has 4 nitrogen and oxygen atoms in total. The Bertz CT molecular complexity index is 374. The summed E-state index contributed by atoms with van der Waals surface area (Å²) in [5.74, 6) is -0.996. The molecule has 0 aliphatic rings. The molecule has 0 aromatic carbocycles. The van der Waals surface area contributed by atoms with Crippen molar-refractivity contribution < 1.29 is 13.9 Å². The van der Waals surface area contributed by atoms with E-state index >= 15 is 0 Å². The van der Waals surface area contributed by atoms with Gasteiger partial charge < -0.3 is 10.5 Å². The Kier molecular flexibility index (Phi) is 3.79. The summed E-state index contributed by atoms with van der Waals surface area (Å²) in [4.78, 5) is 14.7. The second-order valence-corrected chi connectivity index (χ2v) is 2.71. The van der Waals surface area contributed by atoms with Crippen LogP contribution in [0.5, 0.6) is 0 Å². The molecule has 0 amide bonds. The van der Waals surface area contributed by atoms with Gasteiger partial charge in [0.25, 0.3) is 0 Å². The number of nitrogens with two attached hydrogens (primary N) is 1. The lowest BCUT2D eigenvalue weighted by molar-refractivity contribution is -0.137. The summed E-state index contributed by atoms with van der Waals surface area (Å²) in [5, 5.41) is 0. The summed E-state index contributed by atoms with van der Waals surface area (Å²) in [6.07, 6.45) is 2.14. The predicted molar refractivity (Wildman–Crippen MR) is 53.0 cm³/mol. The van der Waals surface area contributed by atoms with Crippen molar-refractivity contribution in [3.63, 3.8) is 0 Å². The predicted octanol–water partition coefficient (Wildman–Crippen LogP) is 1.08. The van der Waals surface area contributed by atoms with Gasteiger partial charge >= 0.3 is 5.97 Å². The Morgan fingerprint density at radius 3 is 2.93 bits per heavy atom. The largest absolute Gasteiger partial charge is 0.463 e. The number of aromatic nitrogens is 1. The fraction of sp³-hybridized carbons (Fsp3) is 0.200. The number of carbonyl (C=O) groups is 1. The van der Waals surface area contributed by atoms with E-state index in [4.69, 9.17) is 5.73 Å². The standard InChI is InChI=1S/C10H11FN2O2/c1-2-15-10(14)5-8(12)9-4-3-7(11)6-13-9/h3-6H,2,12H2,1H3. The van der Waals surface area contributed by atoms with Crippen LogP contribution in [0.15, 0.2) is 24.4 Å². The minimum atomic E-state index is -0.541. The first-order chi connectivity index (χ1) is 7.13. The van der Waals surface area contributed by atoms with E-state index in [1.165, 1.54) is 12.1 Å². The van der Waals surface area contributed by atoms with Crippen LogP contribution in [-0.2, 0) is 9.53 Å². The molecule has 0 fully saturated rings. The number of esters is 1. The van der Waals surface area contributed by atoms with Crippen molar-refractivity contribution in [1.29, 1.82) is 0 Å². The molecule has 1 rings (SSSR count). The van der Waals surface area contributed by atoms with E-state index in [-0.39, 0.29) is 12.3 Å². The van der Waals surface area contributed by atoms with E-state index in [0.717, 1.165) is 12.3 Å². The van der Waals surface area contributed by atoms with Gasteiger partial charge in [0, 0.05) is 6.08 Å². The summed E-state index contributed by atoms with van der Waals surface area (Å²) in [6, 6.07) is 2.61. The lowest BCUT2D eigenvalue weighted by Gasteiger charge is -2.00. The second kappa shape index (κ2) is 5.09. The molecule has 2 N–H and O–H groups in total. The lowest BCUT2D eigenvalue weighted by atomic mass is 10.2. The molecule has 0 bridgehead atoms.